The molecule has 0 aliphatic carbocycles. The summed E-state index contributed by atoms with van der Waals surface area (Å²) < 4.78 is 10.6. The summed E-state index contributed by atoms with van der Waals surface area (Å²) in [5.74, 6) is -0.620. The minimum atomic E-state index is -0.787. The molecule has 60 heavy (non-hydrogen) atoms. The molecule has 1 unspecified atom stereocenters. The molecule has 0 amide bonds. The first kappa shape index (κ1) is 56.8. The van der Waals surface area contributed by atoms with Gasteiger partial charge in [0.2, 0.25) is 0 Å². The van der Waals surface area contributed by atoms with Gasteiger partial charge in [-0.2, -0.15) is 0 Å². The monoisotopic (exact) mass is 833 g/mol. The highest BCUT2D eigenvalue weighted by molar-refractivity contribution is 5.70. The van der Waals surface area contributed by atoms with E-state index in [1.165, 1.54) is 89.9 Å². The van der Waals surface area contributed by atoms with Crippen LogP contribution in [-0.4, -0.2) is 36.4 Å². The molecule has 0 aromatic carbocycles. The number of unbranched alkanes of at least 4 members (excludes halogenated alkanes) is 20. The van der Waals surface area contributed by atoms with Gasteiger partial charge in [0, 0.05) is 12.8 Å². The number of carbonyl (C=O) groups is 2. The number of allylic oxidation sites excluding steroid dienone is 16. The van der Waals surface area contributed by atoms with Crippen LogP contribution in [0.5, 0.6) is 0 Å². The van der Waals surface area contributed by atoms with Crippen LogP contribution in [0.25, 0.3) is 0 Å². The maximum absolute atomic E-state index is 12.3. The summed E-state index contributed by atoms with van der Waals surface area (Å²) in [6.07, 6.45) is 70.7. The summed E-state index contributed by atoms with van der Waals surface area (Å²) in [7, 11) is 0. The lowest BCUT2D eigenvalue weighted by atomic mass is 10.0. The van der Waals surface area contributed by atoms with Crippen molar-refractivity contribution in [1.82, 2.24) is 0 Å². The van der Waals surface area contributed by atoms with E-state index >= 15 is 0 Å². The topological polar surface area (TPSA) is 72.8 Å². The second kappa shape index (κ2) is 50.2. The van der Waals surface area contributed by atoms with Crippen molar-refractivity contribution in [3.63, 3.8) is 0 Å². The highest BCUT2D eigenvalue weighted by Gasteiger charge is 2.16. The minimum Gasteiger partial charge on any atom is -0.462 e. The fourth-order valence-corrected chi connectivity index (χ4v) is 6.71. The Bertz CT molecular complexity index is 1170. The molecule has 5 nitrogen and oxygen atoms in total. The Balaban J connectivity index is 3.52. The Hall–Kier alpha value is -3.18. The first-order valence-electron chi connectivity index (χ1n) is 24.8. The molecule has 0 rings (SSSR count). The van der Waals surface area contributed by atoms with E-state index in [0.29, 0.717) is 12.8 Å². The molecule has 342 valence electrons. The lowest BCUT2D eigenvalue weighted by Crippen LogP contribution is -2.28. The third-order valence-corrected chi connectivity index (χ3v) is 10.4. The highest BCUT2D eigenvalue weighted by Crippen LogP contribution is 2.15. The molecule has 1 N–H and O–H groups in total. The van der Waals surface area contributed by atoms with E-state index in [2.05, 4.69) is 111 Å². The molecule has 0 radical (unpaired) electrons. The quantitative estimate of drug-likeness (QED) is 0.0376. The Morgan fingerprint density at radius 1 is 0.383 bits per heavy atom. The van der Waals surface area contributed by atoms with Crippen LogP contribution in [0.2, 0.25) is 0 Å². The molecule has 0 aliphatic heterocycles. The second-order valence-corrected chi connectivity index (χ2v) is 16.1. The largest absolute Gasteiger partial charge is 0.462 e. The summed E-state index contributed by atoms with van der Waals surface area (Å²) in [6.45, 7) is 3.89. The number of hydrogen-bond acceptors (Lipinski definition) is 5. The zero-order valence-corrected chi connectivity index (χ0v) is 38.9. The molecule has 0 aliphatic rings. The van der Waals surface area contributed by atoms with Crippen molar-refractivity contribution in [2.24, 2.45) is 0 Å². The zero-order valence-electron chi connectivity index (χ0n) is 38.9. The molecule has 0 spiro atoms. The van der Waals surface area contributed by atoms with Gasteiger partial charge in [0.15, 0.2) is 6.10 Å². The first-order valence-corrected chi connectivity index (χ1v) is 24.8. The Morgan fingerprint density at radius 3 is 1.00 bits per heavy atom. The molecule has 1 atom stereocenters. The van der Waals surface area contributed by atoms with Crippen LogP contribution in [0.1, 0.15) is 219 Å². The van der Waals surface area contributed by atoms with Gasteiger partial charge in [-0.05, 0) is 89.9 Å². The number of hydrogen-bond donors (Lipinski definition) is 1. The highest BCUT2D eigenvalue weighted by atomic mass is 16.6. The normalized spacial score (nSPS) is 13.1. The molecule has 0 saturated carbocycles. The third-order valence-electron chi connectivity index (χ3n) is 10.4. The summed E-state index contributed by atoms with van der Waals surface area (Å²) >= 11 is 0. The summed E-state index contributed by atoms with van der Waals surface area (Å²) in [5, 5.41) is 9.61. The van der Waals surface area contributed by atoms with E-state index in [0.717, 1.165) is 103 Å². The first-order chi connectivity index (χ1) is 29.6. The third kappa shape index (κ3) is 47.5. The SMILES string of the molecule is CC/C=C\C/C=C\C/C=C\C/C=C\CCCCCCCCCCCCCCCCCCC(=O)OC(CO)COC(=O)CCCCCC/C=C\C/C=C\C/C=C\C/C=C\CC. The van der Waals surface area contributed by atoms with Crippen LogP contribution in [0.15, 0.2) is 97.2 Å². The summed E-state index contributed by atoms with van der Waals surface area (Å²) in [4.78, 5) is 24.4. The van der Waals surface area contributed by atoms with Crippen LogP contribution < -0.4 is 0 Å². The Labute approximate surface area is 370 Å². The van der Waals surface area contributed by atoms with Gasteiger partial charge in [-0.1, -0.05) is 214 Å². The molecule has 0 aromatic rings. The average molecular weight is 833 g/mol. The number of aliphatic hydroxyl groups is 1. The number of carbonyl (C=O) groups excluding carboxylic acids is 2. The van der Waals surface area contributed by atoms with Crippen molar-refractivity contribution < 1.29 is 24.2 Å². The van der Waals surface area contributed by atoms with Crippen LogP contribution in [-0.2, 0) is 19.1 Å². The van der Waals surface area contributed by atoms with Crippen molar-refractivity contribution in [2.45, 2.75) is 225 Å². The maximum Gasteiger partial charge on any atom is 0.306 e. The van der Waals surface area contributed by atoms with Crippen molar-refractivity contribution in [3.8, 4) is 0 Å². The van der Waals surface area contributed by atoms with Crippen molar-refractivity contribution >= 4 is 11.9 Å². The molecule has 0 heterocycles. The number of rotatable bonds is 44. The Morgan fingerprint density at radius 2 is 0.667 bits per heavy atom. The van der Waals surface area contributed by atoms with Crippen molar-refractivity contribution in [3.05, 3.63) is 97.2 Å². The molecule has 0 fully saturated rings. The standard InChI is InChI=1S/C55H92O5/c1-3-5-7-9-11-13-15-17-19-21-22-23-24-25-26-27-28-29-30-31-32-34-36-38-40-42-44-46-48-50-55(58)60-53(51-56)52-59-54(57)49-47-45-43-41-39-37-35-33-20-18-16-14-12-10-8-6-4-2/h5-8,11-14,17-20,22-23,35,37,53,56H,3-4,9-10,15-16,21,24-34,36,38-52H2,1-2H3/b7-5-,8-6-,13-11-,14-12-,19-17-,20-18-,23-22-,37-35-. The van der Waals surface area contributed by atoms with E-state index in [-0.39, 0.29) is 25.2 Å². The average Bonchev–Trinajstić information content (AvgIpc) is 3.25. The Kier molecular flexibility index (Phi) is 47.5. The molecule has 0 saturated heterocycles. The van der Waals surface area contributed by atoms with Crippen LogP contribution >= 0.6 is 0 Å². The van der Waals surface area contributed by atoms with Gasteiger partial charge in [0.05, 0.1) is 6.61 Å². The molecule has 0 bridgehead atoms. The smallest absolute Gasteiger partial charge is 0.306 e. The lowest BCUT2D eigenvalue weighted by molar-refractivity contribution is -0.161. The van der Waals surface area contributed by atoms with E-state index in [9.17, 15) is 14.7 Å². The zero-order chi connectivity index (χ0) is 43.5. The number of ether oxygens (including phenoxy) is 2. The summed E-state index contributed by atoms with van der Waals surface area (Å²) in [6, 6.07) is 0. The maximum atomic E-state index is 12.3. The number of esters is 2. The fourth-order valence-electron chi connectivity index (χ4n) is 6.71. The van der Waals surface area contributed by atoms with Gasteiger partial charge < -0.3 is 14.6 Å². The molecule has 0 aromatic heterocycles. The van der Waals surface area contributed by atoms with Crippen LogP contribution in [0.4, 0.5) is 0 Å². The number of aliphatic hydroxyl groups excluding tert-OH is 1. The van der Waals surface area contributed by atoms with Crippen molar-refractivity contribution in [2.75, 3.05) is 13.2 Å². The van der Waals surface area contributed by atoms with Gasteiger partial charge in [-0.25, -0.2) is 0 Å². The predicted molar refractivity (Wildman–Crippen MR) is 260 cm³/mol. The van der Waals surface area contributed by atoms with Gasteiger partial charge >= 0.3 is 11.9 Å². The van der Waals surface area contributed by atoms with Gasteiger partial charge in [-0.3, -0.25) is 9.59 Å². The molecular formula is C55H92O5. The fraction of sp³-hybridized carbons (Fsp3) is 0.673. The van der Waals surface area contributed by atoms with Gasteiger partial charge in [0.1, 0.15) is 6.61 Å². The molecular weight excluding hydrogens is 741 g/mol. The van der Waals surface area contributed by atoms with Crippen LogP contribution in [0, 0.1) is 0 Å². The van der Waals surface area contributed by atoms with Crippen molar-refractivity contribution in [1.29, 1.82) is 0 Å². The van der Waals surface area contributed by atoms with E-state index in [1.54, 1.807) is 0 Å². The van der Waals surface area contributed by atoms with Gasteiger partial charge in [-0.15, -0.1) is 0 Å². The lowest BCUT2D eigenvalue weighted by Gasteiger charge is -2.15. The second-order valence-electron chi connectivity index (χ2n) is 16.1. The van der Waals surface area contributed by atoms with E-state index < -0.39 is 6.10 Å². The summed E-state index contributed by atoms with van der Waals surface area (Å²) in [5.41, 5.74) is 0. The predicted octanol–water partition coefficient (Wildman–Crippen LogP) is 16.4. The minimum absolute atomic E-state index is 0.0822. The molecule has 5 heteroatoms. The van der Waals surface area contributed by atoms with Gasteiger partial charge in [0.25, 0.3) is 0 Å². The van der Waals surface area contributed by atoms with E-state index in [1.807, 2.05) is 0 Å². The van der Waals surface area contributed by atoms with Crippen LogP contribution in [0.3, 0.4) is 0 Å². The van der Waals surface area contributed by atoms with E-state index in [4.69, 9.17) is 9.47 Å².